The van der Waals surface area contributed by atoms with Gasteiger partial charge >= 0.3 is 6.18 Å². The van der Waals surface area contributed by atoms with Gasteiger partial charge in [0.2, 0.25) is 5.91 Å². The van der Waals surface area contributed by atoms with E-state index in [1.165, 1.54) is 4.90 Å². The van der Waals surface area contributed by atoms with Crippen molar-refractivity contribution in [1.82, 2.24) is 19.5 Å². The zero-order valence-electron chi connectivity index (χ0n) is 16.1. The number of benzene rings is 1. The van der Waals surface area contributed by atoms with Crippen molar-refractivity contribution < 1.29 is 27.4 Å². The van der Waals surface area contributed by atoms with E-state index in [2.05, 4.69) is 10.2 Å². The number of hydrogen-bond acceptors (Lipinski definition) is 6. The van der Waals surface area contributed by atoms with Crippen molar-refractivity contribution in [2.24, 2.45) is 0 Å². The highest BCUT2D eigenvalue weighted by Gasteiger charge is 2.32. The molecule has 1 aliphatic heterocycles. The predicted octanol–water partition coefficient (Wildman–Crippen LogP) is 3.79. The van der Waals surface area contributed by atoms with Gasteiger partial charge in [0.25, 0.3) is 0 Å². The lowest BCUT2D eigenvalue weighted by Gasteiger charge is -2.29. The molecule has 1 amide bonds. The van der Waals surface area contributed by atoms with E-state index >= 15 is 0 Å². The first-order valence-corrected chi connectivity index (χ1v) is 10.5. The Labute approximate surface area is 184 Å². The van der Waals surface area contributed by atoms with Gasteiger partial charge in [0.15, 0.2) is 28.4 Å². The van der Waals surface area contributed by atoms with Gasteiger partial charge in [-0.25, -0.2) is 0 Å². The van der Waals surface area contributed by atoms with Gasteiger partial charge in [-0.1, -0.05) is 35.5 Å². The van der Waals surface area contributed by atoms with E-state index in [4.69, 9.17) is 21.1 Å². The van der Waals surface area contributed by atoms with Gasteiger partial charge < -0.3 is 14.4 Å². The van der Waals surface area contributed by atoms with Crippen LogP contribution in [0.25, 0.3) is 5.65 Å². The Bertz CT molecular complexity index is 1120. The Balaban J connectivity index is 1.39. The molecule has 164 valence electrons. The smallest absolute Gasteiger partial charge is 0.417 e. The van der Waals surface area contributed by atoms with Crippen LogP contribution in [0.1, 0.15) is 5.56 Å². The van der Waals surface area contributed by atoms with E-state index in [1.807, 2.05) is 12.1 Å². The SMILES string of the molecule is CN(CC1COc2ccccc2O1)C(=O)CSc1nnc2c(Cl)cc(C(F)(F)F)cn12. The van der Waals surface area contributed by atoms with Crippen molar-refractivity contribution in [3.8, 4) is 11.5 Å². The minimum atomic E-state index is -4.57. The average molecular weight is 473 g/mol. The lowest BCUT2D eigenvalue weighted by Crippen LogP contribution is -2.42. The molecular weight excluding hydrogens is 457 g/mol. The average Bonchev–Trinajstić information content (AvgIpc) is 3.15. The Morgan fingerprint density at radius 1 is 1.32 bits per heavy atom. The van der Waals surface area contributed by atoms with Gasteiger partial charge in [0, 0.05) is 13.2 Å². The summed E-state index contributed by atoms with van der Waals surface area (Å²) in [5.74, 6) is 0.970. The molecule has 2 aromatic heterocycles. The van der Waals surface area contributed by atoms with Gasteiger partial charge in [-0.05, 0) is 18.2 Å². The molecule has 0 spiro atoms. The third kappa shape index (κ3) is 4.67. The summed E-state index contributed by atoms with van der Waals surface area (Å²) in [5.41, 5.74) is -0.839. The van der Waals surface area contributed by atoms with Crippen LogP contribution in [0, 0.1) is 0 Å². The number of carbonyl (C=O) groups excluding carboxylic acids is 1. The predicted molar refractivity (Wildman–Crippen MR) is 108 cm³/mol. The third-order valence-electron chi connectivity index (χ3n) is 4.55. The first-order chi connectivity index (χ1) is 14.7. The highest BCUT2D eigenvalue weighted by atomic mass is 35.5. The summed E-state index contributed by atoms with van der Waals surface area (Å²) in [4.78, 5) is 14.0. The Morgan fingerprint density at radius 2 is 2.06 bits per heavy atom. The molecule has 1 aromatic carbocycles. The molecule has 0 saturated heterocycles. The van der Waals surface area contributed by atoms with E-state index in [1.54, 1.807) is 19.2 Å². The standard InChI is InChI=1S/C19H16ClF3N4O3S/c1-26(8-12-9-29-14-4-2-3-5-15(14)30-12)16(28)10-31-18-25-24-17-13(20)6-11(7-27(17)18)19(21,22)23/h2-7,12H,8-10H2,1H3. The molecule has 1 unspecified atom stereocenters. The number of alkyl halides is 3. The number of nitrogens with zero attached hydrogens (tertiary/aromatic N) is 4. The van der Waals surface area contributed by atoms with Crippen molar-refractivity contribution in [3.63, 3.8) is 0 Å². The lowest BCUT2D eigenvalue weighted by atomic mass is 10.2. The molecule has 0 radical (unpaired) electrons. The fourth-order valence-corrected chi connectivity index (χ4v) is 4.08. The summed E-state index contributed by atoms with van der Waals surface area (Å²) in [6.45, 7) is 0.591. The number of rotatable bonds is 5. The molecule has 3 heterocycles. The number of likely N-dealkylation sites (N-methyl/N-ethyl adjacent to an activating group) is 1. The molecule has 1 atom stereocenters. The summed E-state index contributed by atoms with van der Waals surface area (Å²) < 4.78 is 51.8. The van der Waals surface area contributed by atoms with Crippen LogP contribution >= 0.6 is 23.4 Å². The van der Waals surface area contributed by atoms with Crippen molar-refractivity contribution in [3.05, 3.63) is 47.1 Å². The van der Waals surface area contributed by atoms with Crippen LogP contribution in [-0.4, -0.2) is 57.5 Å². The number of halogens is 4. The van der Waals surface area contributed by atoms with Crippen molar-refractivity contribution >= 4 is 34.9 Å². The molecule has 7 nitrogen and oxygen atoms in total. The van der Waals surface area contributed by atoms with Crippen LogP contribution < -0.4 is 9.47 Å². The second-order valence-electron chi connectivity index (χ2n) is 6.81. The summed E-state index contributed by atoms with van der Waals surface area (Å²) in [7, 11) is 1.62. The number of pyridine rings is 1. The van der Waals surface area contributed by atoms with E-state index in [0.717, 1.165) is 28.4 Å². The molecule has 1 aliphatic rings. The zero-order valence-corrected chi connectivity index (χ0v) is 17.7. The number of ether oxygens (including phenoxy) is 2. The van der Waals surface area contributed by atoms with Crippen LogP contribution in [0.2, 0.25) is 5.02 Å². The normalized spacial score (nSPS) is 15.8. The number of aromatic nitrogens is 3. The molecule has 0 N–H and O–H groups in total. The Morgan fingerprint density at radius 3 is 2.81 bits per heavy atom. The Kier molecular flexibility index (Phi) is 5.89. The number of amides is 1. The summed E-state index contributed by atoms with van der Waals surface area (Å²) >= 11 is 6.88. The number of carbonyl (C=O) groups is 1. The van der Waals surface area contributed by atoms with Crippen LogP contribution in [-0.2, 0) is 11.0 Å². The van der Waals surface area contributed by atoms with Crippen molar-refractivity contribution in [2.75, 3.05) is 26.0 Å². The molecule has 0 fully saturated rings. The Hall–Kier alpha value is -2.66. The highest BCUT2D eigenvalue weighted by molar-refractivity contribution is 7.99. The second kappa shape index (κ2) is 8.46. The second-order valence-corrected chi connectivity index (χ2v) is 8.16. The molecule has 3 aromatic rings. The van der Waals surface area contributed by atoms with Crippen LogP contribution in [0.5, 0.6) is 11.5 Å². The van der Waals surface area contributed by atoms with Crippen molar-refractivity contribution in [1.29, 1.82) is 0 Å². The number of thioether (sulfide) groups is 1. The largest absolute Gasteiger partial charge is 0.486 e. The number of fused-ring (bicyclic) bond motifs is 2. The van der Waals surface area contributed by atoms with Crippen LogP contribution in [0.15, 0.2) is 41.7 Å². The monoisotopic (exact) mass is 472 g/mol. The summed E-state index contributed by atoms with van der Waals surface area (Å²) in [6, 6.07) is 8.06. The minimum absolute atomic E-state index is 0.0463. The van der Waals surface area contributed by atoms with E-state index < -0.39 is 11.7 Å². The van der Waals surface area contributed by atoms with Gasteiger partial charge in [-0.15, -0.1) is 10.2 Å². The molecule has 0 saturated carbocycles. The van der Waals surface area contributed by atoms with E-state index in [0.29, 0.717) is 24.7 Å². The molecule has 0 bridgehead atoms. The molecule has 0 aliphatic carbocycles. The quantitative estimate of drug-likeness (QED) is 0.526. The first-order valence-electron chi connectivity index (χ1n) is 9.09. The topological polar surface area (TPSA) is 69.0 Å². The lowest BCUT2D eigenvalue weighted by molar-refractivity contribution is -0.138. The van der Waals surface area contributed by atoms with Crippen molar-refractivity contribution in [2.45, 2.75) is 17.4 Å². The maximum Gasteiger partial charge on any atom is 0.417 e. The van der Waals surface area contributed by atoms with Gasteiger partial charge in [0.05, 0.1) is 22.9 Å². The highest BCUT2D eigenvalue weighted by Crippen LogP contribution is 2.33. The van der Waals surface area contributed by atoms with E-state index in [9.17, 15) is 18.0 Å². The molecule has 31 heavy (non-hydrogen) atoms. The maximum atomic E-state index is 13.1. The van der Waals surface area contributed by atoms with Crippen LogP contribution in [0.3, 0.4) is 0 Å². The van der Waals surface area contributed by atoms with Gasteiger partial charge in [0.1, 0.15) is 6.61 Å². The number of hydrogen-bond donors (Lipinski definition) is 0. The zero-order chi connectivity index (χ0) is 22.2. The third-order valence-corrected chi connectivity index (χ3v) is 5.76. The fraction of sp³-hybridized carbons (Fsp3) is 0.316. The van der Waals surface area contributed by atoms with E-state index in [-0.39, 0.29) is 33.6 Å². The fourth-order valence-electron chi connectivity index (χ4n) is 2.98. The van der Waals surface area contributed by atoms with Gasteiger partial charge in [-0.2, -0.15) is 13.2 Å². The van der Waals surface area contributed by atoms with Crippen LogP contribution in [0.4, 0.5) is 13.2 Å². The summed E-state index contributed by atoms with van der Waals surface area (Å²) in [6.07, 6.45) is -4.04. The maximum absolute atomic E-state index is 13.1. The first kappa shape index (κ1) is 21.6. The minimum Gasteiger partial charge on any atom is -0.486 e. The molecule has 12 heteroatoms. The molecular formula is C19H16ClF3N4O3S. The number of para-hydroxylation sites is 2. The molecule has 4 rings (SSSR count). The summed E-state index contributed by atoms with van der Waals surface area (Å²) in [5, 5.41) is 7.63. The van der Waals surface area contributed by atoms with Gasteiger partial charge in [-0.3, -0.25) is 9.20 Å².